The smallest absolute Gasteiger partial charge is 0.223 e. The minimum absolute atomic E-state index is 0.0494. The predicted molar refractivity (Wildman–Crippen MR) is 80.6 cm³/mol. The number of nitrogens with zero attached hydrogens (tertiary/aromatic N) is 1. The minimum atomic E-state index is 0.0494. The first-order chi connectivity index (χ1) is 10.1. The molecule has 1 aliphatic carbocycles. The van der Waals surface area contributed by atoms with Crippen molar-refractivity contribution >= 4 is 11.8 Å². The molecular formula is C17H22N2O2. The Bertz CT molecular complexity index is 547. The molecule has 0 radical (unpaired) electrons. The average molecular weight is 286 g/mol. The molecule has 1 aliphatic heterocycles. The van der Waals surface area contributed by atoms with Crippen molar-refractivity contribution in [2.45, 2.75) is 38.6 Å². The number of carbonyl (C=O) groups excluding carboxylic acids is 2. The Morgan fingerprint density at radius 2 is 1.86 bits per heavy atom. The van der Waals surface area contributed by atoms with Crippen molar-refractivity contribution in [1.82, 2.24) is 10.2 Å². The van der Waals surface area contributed by atoms with E-state index in [1.807, 2.05) is 11.0 Å². The summed E-state index contributed by atoms with van der Waals surface area (Å²) in [6, 6.07) is 8.52. The highest BCUT2D eigenvalue weighted by molar-refractivity contribution is 5.80. The van der Waals surface area contributed by atoms with E-state index in [1.54, 1.807) is 6.92 Å². The van der Waals surface area contributed by atoms with Gasteiger partial charge < -0.3 is 10.2 Å². The molecule has 1 aromatic rings. The van der Waals surface area contributed by atoms with Gasteiger partial charge in [-0.3, -0.25) is 9.59 Å². The SMILES string of the molecule is CC(=O)N1CCC(C(=O)NC2CCc3ccccc32)CC1. The van der Waals surface area contributed by atoms with Gasteiger partial charge in [-0.25, -0.2) is 0 Å². The zero-order chi connectivity index (χ0) is 14.8. The fraction of sp³-hybridized carbons (Fsp3) is 0.529. The number of fused-ring (bicyclic) bond motifs is 1. The lowest BCUT2D eigenvalue weighted by Crippen LogP contribution is -2.42. The molecule has 3 rings (SSSR count). The molecular weight excluding hydrogens is 264 g/mol. The van der Waals surface area contributed by atoms with Gasteiger partial charge in [-0.05, 0) is 36.8 Å². The van der Waals surface area contributed by atoms with Gasteiger partial charge in [-0.15, -0.1) is 0 Å². The summed E-state index contributed by atoms with van der Waals surface area (Å²) in [5.41, 5.74) is 2.63. The van der Waals surface area contributed by atoms with Crippen molar-refractivity contribution in [3.8, 4) is 0 Å². The predicted octanol–water partition coefficient (Wildman–Crippen LogP) is 2.05. The largest absolute Gasteiger partial charge is 0.349 e. The molecule has 2 amide bonds. The van der Waals surface area contributed by atoms with Gasteiger partial charge in [0.25, 0.3) is 0 Å². The fourth-order valence-electron chi connectivity index (χ4n) is 3.45. The molecule has 0 aromatic heterocycles. The summed E-state index contributed by atoms with van der Waals surface area (Å²) in [7, 11) is 0. The van der Waals surface area contributed by atoms with E-state index >= 15 is 0 Å². The quantitative estimate of drug-likeness (QED) is 0.904. The summed E-state index contributed by atoms with van der Waals surface area (Å²) < 4.78 is 0. The molecule has 2 aliphatic rings. The maximum Gasteiger partial charge on any atom is 0.223 e. The summed E-state index contributed by atoms with van der Waals surface area (Å²) in [4.78, 5) is 25.6. The number of likely N-dealkylation sites (tertiary alicyclic amines) is 1. The topological polar surface area (TPSA) is 49.4 Å². The Hall–Kier alpha value is -1.84. The summed E-state index contributed by atoms with van der Waals surface area (Å²) >= 11 is 0. The normalized spacial score (nSPS) is 22.0. The van der Waals surface area contributed by atoms with Crippen LogP contribution in [0.5, 0.6) is 0 Å². The highest BCUT2D eigenvalue weighted by Crippen LogP contribution is 2.31. The first-order valence-electron chi connectivity index (χ1n) is 7.79. The van der Waals surface area contributed by atoms with Crippen molar-refractivity contribution in [2.75, 3.05) is 13.1 Å². The van der Waals surface area contributed by atoms with Gasteiger partial charge in [-0.1, -0.05) is 24.3 Å². The molecule has 0 saturated carbocycles. The van der Waals surface area contributed by atoms with E-state index in [4.69, 9.17) is 0 Å². The minimum Gasteiger partial charge on any atom is -0.349 e. The van der Waals surface area contributed by atoms with Crippen LogP contribution >= 0.6 is 0 Å². The number of hydrogen-bond acceptors (Lipinski definition) is 2. The van der Waals surface area contributed by atoms with Crippen molar-refractivity contribution in [3.63, 3.8) is 0 Å². The van der Waals surface area contributed by atoms with Crippen molar-refractivity contribution < 1.29 is 9.59 Å². The van der Waals surface area contributed by atoms with E-state index in [9.17, 15) is 9.59 Å². The Balaban J connectivity index is 1.57. The van der Waals surface area contributed by atoms with Gasteiger partial charge in [-0.2, -0.15) is 0 Å². The maximum atomic E-state index is 12.4. The van der Waals surface area contributed by atoms with Crippen LogP contribution in [0.3, 0.4) is 0 Å². The lowest BCUT2D eigenvalue weighted by atomic mass is 9.95. The van der Waals surface area contributed by atoms with Crippen LogP contribution in [0.4, 0.5) is 0 Å². The first-order valence-corrected chi connectivity index (χ1v) is 7.79. The molecule has 0 bridgehead atoms. The average Bonchev–Trinajstić information content (AvgIpc) is 2.91. The molecule has 4 heteroatoms. The number of aryl methyl sites for hydroxylation is 1. The van der Waals surface area contributed by atoms with Crippen LogP contribution in [-0.2, 0) is 16.0 Å². The molecule has 21 heavy (non-hydrogen) atoms. The van der Waals surface area contributed by atoms with Crippen LogP contribution in [0.2, 0.25) is 0 Å². The number of piperidine rings is 1. The summed E-state index contributed by atoms with van der Waals surface area (Å²) in [5, 5.41) is 3.21. The van der Waals surface area contributed by atoms with E-state index in [1.165, 1.54) is 11.1 Å². The summed E-state index contributed by atoms with van der Waals surface area (Å²) in [5.74, 6) is 0.312. The molecule has 0 spiro atoms. The molecule has 1 fully saturated rings. The highest BCUT2D eigenvalue weighted by atomic mass is 16.2. The van der Waals surface area contributed by atoms with Gasteiger partial charge in [0.15, 0.2) is 0 Å². The lowest BCUT2D eigenvalue weighted by molar-refractivity contribution is -0.134. The number of hydrogen-bond donors (Lipinski definition) is 1. The highest BCUT2D eigenvalue weighted by Gasteiger charge is 2.29. The van der Waals surface area contributed by atoms with Crippen LogP contribution in [0.25, 0.3) is 0 Å². The van der Waals surface area contributed by atoms with Gasteiger partial charge in [0.1, 0.15) is 0 Å². The molecule has 1 aromatic carbocycles. The molecule has 1 atom stereocenters. The van der Waals surface area contributed by atoms with E-state index < -0.39 is 0 Å². The molecule has 1 saturated heterocycles. The Morgan fingerprint density at radius 3 is 2.57 bits per heavy atom. The summed E-state index contributed by atoms with van der Waals surface area (Å²) in [6.07, 6.45) is 3.60. The second kappa shape index (κ2) is 5.88. The molecule has 1 unspecified atom stereocenters. The third-order valence-electron chi connectivity index (χ3n) is 4.76. The Labute approximate surface area is 125 Å². The molecule has 4 nitrogen and oxygen atoms in total. The fourth-order valence-corrected chi connectivity index (χ4v) is 3.45. The Kier molecular flexibility index (Phi) is 3.95. The van der Waals surface area contributed by atoms with Gasteiger partial charge in [0, 0.05) is 25.9 Å². The number of benzene rings is 1. The van der Waals surface area contributed by atoms with Gasteiger partial charge >= 0.3 is 0 Å². The molecule has 1 heterocycles. The third kappa shape index (κ3) is 2.94. The van der Waals surface area contributed by atoms with Crippen LogP contribution in [-0.4, -0.2) is 29.8 Å². The van der Waals surface area contributed by atoms with Crippen LogP contribution < -0.4 is 5.32 Å². The van der Waals surface area contributed by atoms with Crippen LogP contribution in [0.15, 0.2) is 24.3 Å². The number of rotatable bonds is 2. The van der Waals surface area contributed by atoms with Crippen LogP contribution in [0, 0.1) is 5.92 Å². The number of carbonyl (C=O) groups is 2. The zero-order valence-electron chi connectivity index (χ0n) is 12.5. The third-order valence-corrected chi connectivity index (χ3v) is 4.76. The van der Waals surface area contributed by atoms with E-state index in [0.29, 0.717) is 13.1 Å². The van der Waals surface area contributed by atoms with Gasteiger partial charge in [0.2, 0.25) is 11.8 Å². The number of amides is 2. The monoisotopic (exact) mass is 286 g/mol. The van der Waals surface area contributed by atoms with Crippen molar-refractivity contribution in [1.29, 1.82) is 0 Å². The second-order valence-electron chi connectivity index (χ2n) is 6.08. The van der Waals surface area contributed by atoms with Crippen molar-refractivity contribution in [2.24, 2.45) is 5.92 Å². The molecule has 112 valence electrons. The lowest BCUT2D eigenvalue weighted by Gasteiger charge is -2.31. The zero-order valence-corrected chi connectivity index (χ0v) is 12.5. The van der Waals surface area contributed by atoms with E-state index in [-0.39, 0.29) is 23.8 Å². The van der Waals surface area contributed by atoms with Crippen molar-refractivity contribution in [3.05, 3.63) is 35.4 Å². The van der Waals surface area contributed by atoms with Crippen LogP contribution in [0.1, 0.15) is 43.4 Å². The molecule has 1 N–H and O–H groups in total. The standard InChI is InChI=1S/C17H22N2O2/c1-12(20)19-10-8-14(9-11-19)17(21)18-16-7-6-13-4-2-3-5-15(13)16/h2-5,14,16H,6-11H2,1H3,(H,18,21). The first kappa shape index (κ1) is 14.1. The second-order valence-corrected chi connectivity index (χ2v) is 6.08. The van der Waals surface area contributed by atoms with E-state index in [2.05, 4.69) is 23.5 Å². The maximum absolute atomic E-state index is 12.4. The van der Waals surface area contributed by atoms with E-state index in [0.717, 1.165) is 25.7 Å². The van der Waals surface area contributed by atoms with Gasteiger partial charge in [0.05, 0.1) is 6.04 Å². The summed E-state index contributed by atoms with van der Waals surface area (Å²) in [6.45, 7) is 3.00. The number of nitrogens with one attached hydrogen (secondary N) is 1. The Morgan fingerprint density at radius 1 is 1.14 bits per heavy atom.